The third-order valence-electron chi connectivity index (χ3n) is 2.97. The van der Waals surface area contributed by atoms with Gasteiger partial charge in [0.2, 0.25) is 0 Å². The second-order valence-corrected chi connectivity index (χ2v) is 5.80. The summed E-state index contributed by atoms with van der Waals surface area (Å²) in [7, 11) is 0. The Morgan fingerprint density at radius 1 is 1.38 bits per heavy atom. The zero-order chi connectivity index (χ0) is 11.5. The first-order chi connectivity index (χ1) is 7.77. The second-order valence-electron chi connectivity index (χ2n) is 4.14. The number of halogens is 1. The van der Waals surface area contributed by atoms with Crippen LogP contribution in [0.25, 0.3) is 0 Å². The van der Waals surface area contributed by atoms with E-state index in [4.69, 9.17) is 11.6 Å². The van der Waals surface area contributed by atoms with Gasteiger partial charge in [0, 0.05) is 16.2 Å². The molecule has 2 atom stereocenters. The summed E-state index contributed by atoms with van der Waals surface area (Å²) >= 11 is 8.19. The van der Waals surface area contributed by atoms with E-state index in [1.165, 1.54) is 23.3 Å². The van der Waals surface area contributed by atoms with Gasteiger partial charge in [0.05, 0.1) is 5.02 Å². The van der Waals surface area contributed by atoms with E-state index in [1.807, 2.05) is 17.8 Å². The molecule has 0 saturated heterocycles. The summed E-state index contributed by atoms with van der Waals surface area (Å²) in [5.74, 6) is 0. The monoisotopic (exact) mass is 255 g/mol. The summed E-state index contributed by atoms with van der Waals surface area (Å²) in [6.45, 7) is 5.42. The van der Waals surface area contributed by atoms with Gasteiger partial charge >= 0.3 is 0 Å². The van der Waals surface area contributed by atoms with Crippen LogP contribution in [0, 0.1) is 0 Å². The minimum Gasteiger partial charge on any atom is -0.309 e. The molecule has 0 spiro atoms. The van der Waals surface area contributed by atoms with E-state index in [0.717, 1.165) is 11.6 Å². The average Bonchev–Trinajstić information content (AvgIpc) is 2.61. The molecule has 0 aliphatic carbocycles. The van der Waals surface area contributed by atoms with Gasteiger partial charge in [0.15, 0.2) is 0 Å². The van der Waals surface area contributed by atoms with Crippen molar-refractivity contribution in [3.05, 3.63) is 28.8 Å². The molecule has 2 rings (SSSR count). The second kappa shape index (κ2) is 5.44. The van der Waals surface area contributed by atoms with Crippen molar-refractivity contribution in [1.29, 1.82) is 0 Å². The van der Waals surface area contributed by atoms with E-state index in [-0.39, 0.29) is 0 Å². The van der Waals surface area contributed by atoms with Gasteiger partial charge in [-0.05, 0) is 24.6 Å². The Bertz CT molecular complexity index is 367. The van der Waals surface area contributed by atoms with E-state index < -0.39 is 0 Å². The quantitative estimate of drug-likeness (QED) is 0.863. The molecular weight excluding hydrogens is 238 g/mol. The Morgan fingerprint density at radius 3 is 2.88 bits per heavy atom. The Labute approximate surface area is 107 Å². The number of benzene rings is 1. The van der Waals surface area contributed by atoms with E-state index >= 15 is 0 Å². The number of hydrogen-bond acceptors (Lipinski definition) is 2. The largest absolute Gasteiger partial charge is 0.309 e. The molecule has 0 radical (unpaired) electrons. The molecular formula is C13H18ClNS. The highest BCUT2D eigenvalue weighted by Gasteiger charge is 2.33. The Morgan fingerprint density at radius 2 is 2.19 bits per heavy atom. The van der Waals surface area contributed by atoms with Gasteiger partial charge < -0.3 is 5.32 Å². The number of fused-ring (bicyclic) bond motifs is 1. The molecule has 0 bridgehead atoms. The van der Waals surface area contributed by atoms with Crippen LogP contribution in [0.4, 0.5) is 0 Å². The maximum Gasteiger partial charge on any atom is 0.0545 e. The van der Waals surface area contributed by atoms with Crippen LogP contribution < -0.4 is 5.32 Å². The molecule has 1 heterocycles. The fourth-order valence-electron chi connectivity index (χ4n) is 2.29. The molecule has 0 aromatic heterocycles. The number of nitrogens with one attached hydrogen (secondary N) is 1. The van der Waals surface area contributed by atoms with E-state index in [0.29, 0.717) is 11.3 Å². The minimum absolute atomic E-state index is 0.476. The van der Waals surface area contributed by atoms with Crippen LogP contribution >= 0.6 is 23.4 Å². The van der Waals surface area contributed by atoms with Crippen LogP contribution in [0.15, 0.2) is 23.1 Å². The molecule has 1 aromatic carbocycles. The highest BCUT2D eigenvalue weighted by Crippen LogP contribution is 2.48. The van der Waals surface area contributed by atoms with Gasteiger partial charge in [0.25, 0.3) is 0 Å². The van der Waals surface area contributed by atoms with Crippen LogP contribution in [-0.4, -0.2) is 11.8 Å². The molecule has 88 valence electrons. The molecule has 1 aliphatic heterocycles. The normalized spacial score (nSPS) is 23.4. The standard InChI is InChI=1S/C13H18ClNS/c1-3-6-11-12(15-4-2)9-7-5-8-10(14)13(9)16-11/h5,7-8,11-12,15H,3-4,6H2,1-2H3. The Balaban J connectivity index is 2.29. The fourth-order valence-corrected chi connectivity index (χ4v) is 4.15. The molecule has 0 amide bonds. The minimum atomic E-state index is 0.476. The van der Waals surface area contributed by atoms with Crippen LogP contribution in [-0.2, 0) is 0 Å². The van der Waals surface area contributed by atoms with Crippen molar-refractivity contribution in [2.75, 3.05) is 6.54 Å². The van der Waals surface area contributed by atoms with Gasteiger partial charge in [-0.15, -0.1) is 11.8 Å². The van der Waals surface area contributed by atoms with Crippen molar-refractivity contribution in [2.45, 2.75) is 42.9 Å². The van der Waals surface area contributed by atoms with Crippen LogP contribution in [0.3, 0.4) is 0 Å². The van der Waals surface area contributed by atoms with E-state index in [2.05, 4.69) is 31.3 Å². The van der Waals surface area contributed by atoms with Crippen LogP contribution in [0.2, 0.25) is 5.02 Å². The van der Waals surface area contributed by atoms with Gasteiger partial charge in [-0.2, -0.15) is 0 Å². The third kappa shape index (κ3) is 2.24. The lowest BCUT2D eigenvalue weighted by molar-refractivity contribution is 0.513. The Kier molecular flexibility index (Phi) is 4.17. The molecule has 0 saturated carbocycles. The van der Waals surface area contributed by atoms with Crippen LogP contribution in [0.5, 0.6) is 0 Å². The molecule has 1 nitrogen and oxygen atoms in total. The van der Waals surface area contributed by atoms with Crippen molar-refractivity contribution in [1.82, 2.24) is 5.32 Å². The highest BCUT2D eigenvalue weighted by atomic mass is 35.5. The number of thioether (sulfide) groups is 1. The molecule has 16 heavy (non-hydrogen) atoms. The van der Waals surface area contributed by atoms with E-state index in [9.17, 15) is 0 Å². The van der Waals surface area contributed by atoms with Crippen molar-refractivity contribution in [2.24, 2.45) is 0 Å². The average molecular weight is 256 g/mol. The zero-order valence-electron chi connectivity index (χ0n) is 9.79. The third-order valence-corrected chi connectivity index (χ3v) is 4.90. The van der Waals surface area contributed by atoms with Gasteiger partial charge in [-0.25, -0.2) is 0 Å². The smallest absolute Gasteiger partial charge is 0.0545 e. The SMILES string of the molecule is CCCC1Sc2c(Cl)cccc2C1NCC. The first kappa shape index (κ1) is 12.3. The summed E-state index contributed by atoms with van der Waals surface area (Å²) in [6.07, 6.45) is 2.47. The predicted molar refractivity (Wildman–Crippen MR) is 72.4 cm³/mol. The summed E-state index contributed by atoms with van der Waals surface area (Å²) in [5, 5.41) is 5.13. The van der Waals surface area contributed by atoms with Crippen LogP contribution in [0.1, 0.15) is 38.3 Å². The maximum absolute atomic E-state index is 6.25. The lowest BCUT2D eigenvalue weighted by atomic mass is 10.0. The molecule has 1 N–H and O–H groups in total. The predicted octanol–water partition coefficient (Wildman–Crippen LogP) is 4.27. The van der Waals surface area contributed by atoms with Gasteiger partial charge in [-0.3, -0.25) is 0 Å². The summed E-state index contributed by atoms with van der Waals surface area (Å²) in [5.41, 5.74) is 1.39. The summed E-state index contributed by atoms with van der Waals surface area (Å²) in [4.78, 5) is 1.29. The molecule has 1 aromatic rings. The number of hydrogen-bond donors (Lipinski definition) is 1. The fraction of sp³-hybridized carbons (Fsp3) is 0.538. The molecule has 3 heteroatoms. The highest BCUT2D eigenvalue weighted by molar-refractivity contribution is 8.00. The summed E-state index contributed by atoms with van der Waals surface area (Å²) in [6, 6.07) is 6.73. The first-order valence-electron chi connectivity index (χ1n) is 5.96. The molecule has 0 fully saturated rings. The van der Waals surface area contributed by atoms with Crippen molar-refractivity contribution in [3.8, 4) is 0 Å². The van der Waals surface area contributed by atoms with Crippen molar-refractivity contribution in [3.63, 3.8) is 0 Å². The maximum atomic E-state index is 6.25. The molecule has 2 unspecified atom stereocenters. The lowest BCUT2D eigenvalue weighted by Crippen LogP contribution is -2.26. The topological polar surface area (TPSA) is 12.0 Å². The first-order valence-corrected chi connectivity index (χ1v) is 7.22. The molecule has 1 aliphatic rings. The zero-order valence-corrected chi connectivity index (χ0v) is 11.4. The lowest BCUT2D eigenvalue weighted by Gasteiger charge is -2.19. The Hall–Kier alpha value is -0.180. The number of rotatable bonds is 4. The van der Waals surface area contributed by atoms with E-state index in [1.54, 1.807) is 0 Å². The van der Waals surface area contributed by atoms with Crippen molar-refractivity contribution >= 4 is 23.4 Å². The van der Waals surface area contributed by atoms with Gasteiger partial charge in [0.1, 0.15) is 0 Å². The van der Waals surface area contributed by atoms with Crippen molar-refractivity contribution < 1.29 is 0 Å². The summed E-state index contributed by atoms with van der Waals surface area (Å²) < 4.78 is 0. The van der Waals surface area contributed by atoms with Gasteiger partial charge in [-0.1, -0.05) is 44.0 Å².